The van der Waals surface area contributed by atoms with Gasteiger partial charge < -0.3 is 15.2 Å². The Morgan fingerprint density at radius 2 is 1.97 bits per heavy atom. The molecule has 0 bridgehead atoms. The number of thiocarbonyl (C=S) groups is 1. The molecule has 0 aliphatic carbocycles. The van der Waals surface area contributed by atoms with Gasteiger partial charge in [0.2, 0.25) is 0 Å². The second-order valence-corrected chi connectivity index (χ2v) is 8.42. The molecule has 0 saturated carbocycles. The number of benzene rings is 2. The minimum atomic E-state index is -0.128. The number of aryl methyl sites for hydroxylation is 2. The van der Waals surface area contributed by atoms with Gasteiger partial charge in [0.05, 0.1) is 5.71 Å². The Morgan fingerprint density at radius 3 is 2.69 bits per heavy atom. The average Bonchev–Trinajstić information content (AvgIpc) is 2.80. The van der Waals surface area contributed by atoms with Gasteiger partial charge in [-0.25, -0.2) is 0 Å². The highest BCUT2D eigenvalue weighted by Crippen LogP contribution is 2.35. The number of aromatic hydroxyl groups is 1. The number of pyridine rings is 1. The van der Waals surface area contributed by atoms with E-state index in [-0.39, 0.29) is 17.8 Å². The van der Waals surface area contributed by atoms with Crippen LogP contribution < -0.4 is 15.5 Å². The number of fused-ring (bicyclic) bond motifs is 1. The molecule has 1 aliphatic rings. The second kappa shape index (κ2) is 9.36. The first-order chi connectivity index (χ1) is 15.4. The van der Waals surface area contributed by atoms with Crippen molar-refractivity contribution < 1.29 is 9.84 Å². The molecule has 7 heteroatoms. The van der Waals surface area contributed by atoms with Gasteiger partial charge in [-0.05, 0) is 67.0 Å². The topological polar surface area (TPSA) is 78.8 Å². The van der Waals surface area contributed by atoms with Crippen LogP contribution >= 0.6 is 12.2 Å². The number of hydrogen-bond donors (Lipinski definition) is 3. The zero-order valence-electron chi connectivity index (χ0n) is 18.3. The number of phenolic OH excluding ortho intramolecular Hbond substituents is 1. The molecule has 0 radical (unpaired) electrons. The largest absolute Gasteiger partial charge is 0.508 e. The zero-order chi connectivity index (χ0) is 22.7. The predicted molar refractivity (Wildman–Crippen MR) is 132 cm³/mol. The van der Waals surface area contributed by atoms with Crippen LogP contribution in [0.1, 0.15) is 41.5 Å². The lowest BCUT2D eigenvalue weighted by molar-refractivity contribution is 0.176. The number of aromatic nitrogens is 1. The van der Waals surface area contributed by atoms with Crippen LogP contribution in [0.2, 0.25) is 0 Å². The molecule has 2 heterocycles. The Hall–Kier alpha value is -3.45. The molecule has 2 atom stereocenters. The molecular formula is C25H26N4O2S. The minimum absolute atomic E-state index is 0.107. The fraction of sp³-hybridized carbons (Fsp3) is 0.240. The van der Waals surface area contributed by atoms with E-state index < -0.39 is 0 Å². The van der Waals surface area contributed by atoms with Gasteiger partial charge in [0.25, 0.3) is 0 Å². The number of nitrogens with one attached hydrogen (secondary N) is 2. The molecule has 0 fully saturated rings. The first-order valence-corrected chi connectivity index (χ1v) is 10.9. The van der Waals surface area contributed by atoms with E-state index in [9.17, 15) is 5.11 Å². The van der Waals surface area contributed by atoms with Gasteiger partial charge in [-0.2, -0.15) is 5.10 Å². The molecule has 2 unspecified atom stereocenters. The van der Waals surface area contributed by atoms with E-state index in [1.807, 2.05) is 50.4 Å². The molecule has 6 nitrogen and oxygen atoms in total. The molecule has 3 aromatic rings. The summed E-state index contributed by atoms with van der Waals surface area (Å²) in [6.45, 7) is 6.18. The molecular weight excluding hydrogens is 420 g/mol. The molecule has 3 N–H and O–H groups in total. The van der Waals surface area contributed by atoms with Crippen molar-refractivity contribution in [3.63, 3.8) is 0 Å². The first-order valence-electron chi connectivity index (χ1n) is 10.5. The van der Waals surface area contributed by atoms with Crippen LogP contribution in [0.25, 0.3) is 0 Å². The summed E-state index contributed by atoms with van der Waals surface area (Å²) in [5.74, 6) is 0.953. The molecule has 164 valence electrons. The third-order valence-corrected chi connectivity index (χ3v) is 5.92. The Labute approximate surface area is 193 Å². The van der Waals surface area contributed by atoms with Crippen molar-refractivity contribution in [2.24, 2.45) is 5.10 Å². The van der Waals surface area contributed by atoms with Crippen molar-refractivity contribution in [1.82, 2.24) is 10.4 Å². The van der Waals surface area contributed by atoms with Crippen molar-refractivity contribution in [3.8, 4) is 11.5 Å². The van der Waals surface area contributed by atoms with Crippen LogP contribution in [0.3, 0.4) is 0 Å². The molecule has 1 aromatic heterocycles. The standard InChI is InChI=1S/C25H26N4O2S/c1-15-6-4-7-16(2)24(15)27-25(32)29-28-21-13-23(17(3)18-8-5-11-26-14-18)31-22-10-9-19(30)12-20(21)22/h4-12,14,17,23,30H,13H2,1-3H3,(H2,27,29,32). The maximum Gasteiger partial charge on any atom is 0.191 e. The highest BCUT2D eigenvalue weighted by atomic mass is 32.1. The maximum atomic E-state index is 10.0. The third-order valence-electron chi connectivity index (χ3n) is 5.73. The highest BCUT2D eigenvalue weighted by Gasteiger charge is 2.30. The molecule has 32 heavy (non-hydrogen) atoms. The molecule has 4 rings (SSSR count). The van der Waals surface area contributed by atoms with E-state index in [2.05, 4.69) is 27.8 Å². The fourth-order valence-electron chi connectivity index (χ4n) is 3.87. The molecule has 1 aliphatic heterocycles. The van der Waals surface area contributed by atoms with Crippen LogP contribution in [-0.2, 0) is 0 Å². The van der Waals surface area contributed by atoms with Gasteiger partial charge in [-0.3, -0.25) is 10.4 Å². The summed E-state index contributed by atoms with van der Waals surface area (Å²) in [7, 11) is 0. The second-order valence-electron chi connectivity index (χ2n) is 8.01. The van der Waals surface area contributed by atoms with Gasteiger partial charge >= 0.3 is 0 Å². The van der Waals surface area contributed by atoms with E-state index in [4.69, 9.17) is 17.0 Å². The van der Waals surface area contributed by atoms with Crippen molar-refractivity contribution in [1.29, 1.82) is 0 Å². The number of hydrazone groups is 1. The maximum absolute atomic E-state index is 10.0. The molecule has 0 amide bonds. The fourth-order valence-corrected chi connectivity index (χ4v) is 4.02. The van der Waals surface area contributed by atoms with Crippen molar-refractivity contribution in [2.75, 3.05) is 5.32 Å². The lowest BCUT2D eigenvalue weighted by atomic mass is 9.89. The van der Waals surface area contributed by atoms with Crippen LogP contribution in [0, 0.1) is 13.8 Å². The number of ether oxygens (including phenoxy) is 1. The highest BCUT2D eigenvalue weighted by molar-refractivity contribution is 7.80. The molecule has 0 saturated heterocycles. The van der Waals surface area contributed by atoms with E-state index in [0.29, 0.717) is 17.3 Å². The monoisotopic (exact) mass is 446 g/mol. The summed E-state index contributed by atoms with van der Waals surface area (Å²) in [6, 6.07) is 15.1. The third kappa shape index (κ3) is 4.73. The molecule has 2 aromatic carbocycles. The van der Waals surface area contributed by atoms with Gasteiger partial charge in [0, 0.05) is 36.0 Å². The Morgan fingerprint density at radius 1 is 1.19 bits per heavy atom. The number of para-hydroxylation sites is 1. The zero-order valence-corrected chi connectivity index (χ0v) is 19.1. The van der Waals surface area contributed by atoms with Crippen LogP contribution in [0.4, 0.5) is 5.69 Å². The predicted octanol–water partition coefficient (Wildman–Crippen LogP) is 5.05. The number of phenols is 1. The molecule has 0 spiro atoms. The summed E-state index contributed by atoms with van der Waals surface area (Å²) >= 11 is 5.49. The Kier molecular flexibility index (Phi) is 6.37. The normalized spacial score (nSPS) is 17.2. The lowest BCUT2D eigenvalue weighted by Crippen LogP contribution is -2.34. The quantitative estimate of drug-likeness (QED) is 0.385. The van der Waals surface area contributed by atoms with Gasteiger partial charge in [0.1, 0.15) is 17.6 Å². The van der Waals surface area contributed by atoms with E-state index in [0.717, 1.165) is 33.7 Å². The van der Waals surface area contributed by atoms with Crippen LogP contribution in [-0.4, -0.2) is 27.0 Å². The summed E-state index contributed by atoms with van der Waals surface area (Å²) in [5.41, 5.74) is 8.77. The van der Waals surface area contributed by atoms with Crippen molar-refractivity contribution in [3.05, 3.63) is 83.2 Å². The SMILES string of the molecule is Cc1cccc(C)c1NC(=S)NN=C1CC(C(C)c2cccnc2)Oc2ccc(O)cc21. The Bertz CT molecular complexity index is 1140. The van der Waals surface area contributed by atoms with Crippen LogP contribution in [0.5, 0.6) is 11.5 Å². The number of hydrogen-bond acceptors (Lipinski definition) is 5. The van der Waals surface area contributed by atoms with Gasteiger partial charge in [-0.1, -0.05) is 31.2 Å². The summed E-state index contributed by atoms with van der Waals surface area (Å²) in [4.78, 5) is 4.23. The first kappa shape index (κ1) is 21.8. The number of rotatable bonds is 4. The Balaban J connectivity index is 1.57. The number of nitrogens with zero attached hydrogens (tertiary/aromatic N) is 2. The summed E-state index contributed by atoms with van der Waals surface area (Å²) < 4.78 is 6.27. The average molecular weight is 447 g/mol. The van der Waals surface area contributed by atoms with Crippen molar-refractivity contribution >= 4 is 28.7 Å². The van der Waals surface area contributed by atoms with E-state index in [1.165, 1.54) is 0 Å². The van der Waals surface area contributed by atoms with E-state index >= 15 is 0 Å². The van der Waals surface area contributed by atoms with Gasteiger partial charge in [0.15, 0.2) is 5.11 Å². The summed E-state index contributed by atoms with van der Waals surface area (Å²) in [6.07, 6.45) is 4.05. The van der Waals surface area contributed by atoms with Crippen LogP contribution in [0.15, 0.2) is 66.0 Å². The lowest BCUT2D eigenvalue weighted by Gasteiger charge is -2.31. The summed E-state index contributed by atoms with van der Waals surface area (Å²) in [5, 5.41) is 18.3. The number of anilines is 1. The van der Waals surface area contributed by atoms with Gasteiger partial charge in [-0.15, -0.1) is 0 Å². The van der Waals surface area contributed by atoms with E-state index in [1.54, 1.807) is 24.4 Å². The van der Waals surface area contributed by atoms with Crippen molar-refractivity contribution in [2.45, 2.75) is 39.2 Å². The smallest absolute Gasteiger partial charge is 0.191 e. The minimum Gasteiger partial charge on any atom is -0.508 e.